The second-order valence-electron chi connectivity index (χ2n) is 4.51. The second kappa shape index (κ2) is 6.59. The van der Waals surface area contributed by atoms with Gasteiger partial charge in [0, 0.05) is 18.2 Å². The smallest absolute Gasteiger partial charge is 0.210 e. The Kier molecular flexibility index (Phi) is 4.81. The van der Waals surface area contributed by atoms with E-state index in [-0.39, 0.29) is 17.0 Å². The van der Waals surface area contributed by atoms with Crippen molar-refractivity contribution in [1.29, 1.82) is 0 Å². The first-order valence-corrected chi connectivity index (χ1v) is 6.44. The Morgan fingerprint density at radius 2 is 1.62 bits per heavy atom. The summed E-state index contributed by atoms with van der Waals surface area (Å²) in [6, 6.07) is 16.1. The van der Waals surface area contributed by atoms with Crippen LogP contribution in [0.2, 0.25) is 0 Å². The Morgan fingerprint density at radius 1 is 0.857 bits per heavy atom. The first kappa shape index (κ1) is 15.3. The lowest BCUT2D eigenvalue weighted by Gasteiger charge is -2.04. The maximum atomic E-state index is 5.42. The number of fused-ring (bicyclic) bond motifs is 1. The van der Waals surface area contributed by atoms with E-state index in [1.807, 2.05) is 42.6 Å². The van der Waals surface area contributed by atoms with Gasteiger partial charge in [0.25, 0.3) is 0 Å². The summed E-state index contributed by atoms with van der Waals surface area (Å²) in [7, 11) is 3.36. The van der Waals surface area contributed by atoms with E-state index in [0.717, 1.165) is 28.0 Å². The fraction of sp³-hybridized carbons (Fsp3) is 0.118. The molecule has 0 atom stereocenters. The maximum absolute atomic E-state index is 5.42. The summed E-state index contributed by atoms with van der Waals surface area (Å²) < 4.78 is 12.7. The van der Waals surface area contributed by atoms with Gasteiger partial charge < -0.3 is 26.5 Å². The third-order valence-corrected chi connectivity index (χ3v) is 3.37. The number of halogens is 1. The lowest BCUT2D eigenvalue weighted by atomic mass is 10.1. The highest BCUT2D eigenvalue weighted by Crippen LogP contribution is 2.23. The molecule has 0 N–H and O–H groups in total. The molecule has 0 aliphatic heterocycles. The number of aromatic nitrogens is 1. The fourth-order valence-corrected chi connectivity index (χ4v) is 2.28. The van der Waals surface area contributed by atoms with E-state index < -0.39 is 0 Å². The molecule has 0 saturated carbocycles. The van der Waals surface area contributed by atoms with Crippen LogP contribution in [0.25, 0.3) is 16.5 Å². The fourth-order valence-electron chi connectivity index (χ4n) is 2.28. The standard InChI is InChI=1S/C17H16NO2.BrH/c1-19-15-8-6-14(7-9-15)18-11-10-13-4-3-5-17(20-2)16(13)12-18;/h3-12H,1-2H3;1H/q+1;/p-1. The molecule has 0 radical (unpaired) electrons. The van der Waals surface area contributed by atoms with Crippen molar-refractivity contribution in [2.45, 2.75) is 0 Å². The van der Waals surface area contributed by atoms with Gasteiger partial charge in [-0.2, -0.15) is 4.57 Å². The van der Waals surface area contributed by atoms with Crippen LogP contribution in [0.1, 0.15) is 0 Å². The number of hydrogen-bond donors (Lipinski definition) is 0. The molecule has 0 fully saturated rings. The largest absolute Gasteiger partial charge is 1.00 e. The first-order chi connectivity index (χ1) is 9.81. The van der Waals surface area contributed by atoms with Crippen LogP contribution < -0.4 is 31.0 Å². The van der Waals surface area contributed by atoms with Crippen molar-refractivity contribution >= 4 is 10.8 Å². The second-order valence-corrected chi connectivity index (χ2v) is 4.51. The van der Waals surface area contributed by atoms with E-state index in [0.29, 0.717) is 0 Å². The third kappa shape index (κ3) is 3.00. The third-order valence-electron chi connectivity index (χ3n) is 3.37. The van der Waals surface area contributed by atoms with E-state index in [9.17, 15) is 0 Å². The van der Waals surface area contributed by atoms with Crippen LogP contribution in [0.3, 0.4) is 0 Å². The molecule has 21 heavy (non-hydrogen) atoms. The van der Waals surface area contributed by atoms with E-state index >= 15 is 0 Å². The first-order valence-electron chi connectivity index (χ1n) is 6.44. The normalized spacial score (nSPS) is 10.0. The average Bonchev–Trinajstić information content (AvgIpc) is 2.54. The van der Waals surface area contributed by atoms with Gasteiger partial charge in [0.2, 0.25) is 5.69 Å². The highest BCUT2D eigenvalue weighted by atomic mass is 79.9. The maximum Gasteiger partial charge on any atom is 0.210 e. The van der Waals surface area contributed by atoms with Crippen molar-refractivity contribution in [3.63, 3.8) is 0 Å². The quantitative estimate of drug-likeness (QED) is 0.630. The average molecular weight is 346 g/mol. The molecule has 3 aromatic rings. The van der Waals surface area contributed by atoms with Gasteiger partial charge in [0.15, 0.2) is 12.4 Å². The minimum Gasteiger partial charge on any atom is -1.00 e. The zero-order valence-corrected chi connectivity index (χ0v) is 13.5. The van der Waals surface area contributed by atoms with Crippen molar-refractivity contribution < 1.29 is 31.0 Å². The molecule has 1 aromatic heterocycles. The SMILES string of the molecule is COc1ccc(-[n+]2ccc3cccc(OC)c3c2)cc1.[Br-]. The molecule has 108 valence electrons. The Bertz CT molecular complexity index is 741. The Morgan fingerprint density at radius 3 is 2.29 bits per heavy atom. The molecule has 0 amide bonds. The summed E-state index contributed by atoms with van der Waals surface area (Å²) >= 11 is 0. The predicted molar refractivity (Wildman–Crippen MR) is 78.6 cm³/mol. The number of benzene rings is 2. The number of rotatable bonds is 3. The van der Waals surface area contributed by atoms with Gasteiger partial charge in [-0.3, -0.25) is 0 Å². The van der Waals surface area contributed by atoms with Crippen LogP contribution in [-0.2, 0) is 0 Å². The molecule has 0 bridgehead atoms. The summed E-state index contributed by atoms with van der Waals surface area (Å²) in [5, 5.41) is 2.25. The Labute approximate surface area is 134 Å². The van der Waals surface area contributed by atoms with Gasteiger partial charge >= 0.3 is 0 Å². The van der Waals surface area contributed by atoms with Crippen LogP contribution in [0.4, 0.5) is 0 Å². The Balaban J connectivity index is 0.00000161. The van der Waals surface area contributed by atoms with Gasteiger partial charge in [-0.15, -0.1) is 0 Å². The van der Waals surface area contributed by atoms with Gasteiger partial charge in [-0.1, -0.05) is 12.1 Å². The number of methoxy groups -OCH3 is 2. The van der Waals surface area contributed by atoms with Crippen LogP contribution in [0.15, 0.2) is 60.9 Å². The predicted octanol–water partition coefficient (Wildman–Crippen LogP) is 0.138. The van der Waals surface area contributed by atoms with Crippen LogP contribution in [0.5, 0.6) is 11.5 Å². The summed E-state index contributed by atoms with van der Waals surface area (Å²) in [6.07, 6.45) is 4.12. The summed E-state index contributed by atoms with van der Waals surface area (Å²) in [5.41, 5.74) is 1.08. The molecule has 3 rings (SSSR count). The molecule has 0 aliphatic rings. The van der Waals surface area contributed by atoms with Crippen LogP contribution in [-0.4, -0.2) is 14.2 Å². The minimum atomic E-state index is 0. The molecule has 0 spiro atoms. The molecule has 0 saturated heterocycles. The Hall–Kier alpha value is -2.07. The van der Waals surface area contributed by atoms with Crippen molar-refractivity contribution in [2.75, 3.05) is 14.2 Å². The van der Waals surface area contributed by atoms with E-state index in [1.54, 1.807) is 14.2 Å². The molecule has 4 heteroatoms. The van der Waals surface area contributed by atoms with Gasteiger partial charge in [0.05, 0.1) is 19.6 Å². The summed E-state index contributed by atoms with van der Waals surface area (Å²) in [4.78, 5) is 0. The minimum absolute atomic E-state index is 0. The van der Waals surface area contributed by atoms with Crippen molar-refractivity contribution in [3.05, 3.63) is 60.9 Å². The molecular formula is C17H16BrNO2. The zero-order chi connectivity index (χ0) is 13.9. The summed E-state index contributed by atoms with van der Waals surface area (Å²) in [6.45, 7) is 0. The van der Waals surface area contributed by atoms with Gasteiger partial charge in [0.1, 0.15) is 11.5 Å². The lowest BCUT2D eigenvalue weighted by Crippen LogP contribution is -3.00. The van der Waals surface area contributed by atoms with Gasteiger partial charge in [-0.05, 0) is 23.6 Å². The number of ether oxygens (including phenoxy) is 2. The van der Waals surface area contributed by atoms with Crippen molar-refractivity contribution in [2.24, 2.45) is 0 Å². The van der Waals surface area contributed by atoms with Crippen LogP contribution >= 0.6 is 0 Å². The zero-order valence-electron chi connectivity index (χ0n) is 11.9. The lowest BCUT2D eigenvalue weighted by molar-refractivity contribution is -0.594. The topological polar surface area (TPSA) is 22.3 Å². The van der Waals surface area contributed by atoms with E-state index in [4.69, 9.17) is 9.47 Å². The molecule has 2 aromatic carbocycles. The van der Waals surface area contributed by atoms with E-state index in [1.165, 1.54) is 0 Å². The number of pyridine rings is 1. The number of hydrogen-bond acceptors (Lipinski definition) is 2. The highest BCUT2D eigenvalue weighted by Gasteiger charge is 2.10. The van der Waals surface area contributed by atoms with Gasteiger partial charge in [-0.25, -0.2) is 0 Å². The molecule has 1 heterocycles. The van der Waals surface area contributed by atoms with E-state index in [2.05, 4.69) is 22.9 Å². The van der Waals surface area contributed by atoms with Crippen molar-refractivity contribution in [3.8, 4) is 17.2 Å². The molecular weight excluding hydrogens is 330 g/mol. The number of nitrogens with zero attached hydrogens (tertiary/aromatic N) is 1. The molecule has 0 unspecified atom stereocenters. The molecule has 0 aliphatic carbocycles. The summed E-state index contributed by atoms with van der Waals surface area (Å²) in [5.74, 6) is 1.73. The molecule has 3 nitrogen and oxygen atoms in total. The highest BCUT2D eigenvalue weighted by molar-refractivity contribution is 5.86. The van der Waals surface area contributed by atoms with Crippen molar-refractivity contribution in [1.82, 2.24) is 0 Å². The monoisotopic (exact) mass is 345 g/mol. The van der Waals surface area contributed by atoms with Crippen LogP contribution in [0, 0.1) is 0 Å².